The highest BCUT2D eigenvalue weighted by molar-refractivity contribution is 9.10. The Labute approximate surface area is 84.8 Å². The van der Waals surface area contributed by atoms with E-state index in [0.717, 1.165) is 4.47 Å². The molecule has 0 saturated heterocycles. The molecule has 1 aromatic heterocycles. The van der Waals surface area contributed by atoms with Crippen molar-refractivity contribution in [2.75, 3.05) is 18.5 Å². The van der Waals surface area contributed by atoms with E-state index in [1.54, 1.807) is 12.3 Å². The van der Waals surface area contributed by atoms with Gasteiger partial charge in [-0.3, -0.25) is 0 Å². The maximum atomic E-state index is 9.02. The highest BCUT2D eigenvalue weighted by Gasteiger charge is 2.01. The SMILES string of the molecule is OC[C@H](O)CNc1ccc(Br)cn1. The third-order valence-electron chi connectivity index (χ3n) is 1.46. The summed E-state index contributed by atoms with van der Waals surface area (Å²) < 4.78 is 0.903. The maximum Gasteiger partial charge on any atom is 0.126 e. The number of aliphatic hydroxyl groups excluding tert-OH is 2. The number of aliphatic hydroxyl groups is 2. The molecule has 0 aliphatic carbocycles. The van der Waals surface area contributed by atoms with Crippen molar-refractivity contribution >= 4 is 21.7 Å². The molecule has 0 saturated carbocycles. The number of hydrogen-bond acceptors (Lipinski definition) is 4. The van der Waals surface area contributed by atoms with Crippen molar-refractivity contribution in [1.29, 1.82) is 0 Å². The Morgan fingerprint density at radius 3 is 2.85 bits per heavy atom. The molecule has 0 spiro atoms. The Kier molecular flexibility index (Phi) is 4.14. The molecular weight excluding hydrogens is 236 g/mol. The first-order valence-corrected chi connectivity index (χ1v) is 4.66. The Morgan fingerprint density at radius 2 is 2.31 bits per heavy atom. The summed E-state index contributed by atoms with van der Waals surface area (Å²) in [6, 6.07) is 3.63. The van der Waals surface area contributed by atoms with Gasteiger partial charge >= 0.3 is 0 Å². The minimum atomic E-state index is -0.745. The Balaban J connectivity index is 2.41. The predicted octanol–water partition coefficient (Wildman–Crippen LogP) is 0.609. The van der Waals surface area contributed by atoms with Crippen molar-refractivity contribution in [2.45, 2.75) is 6.10 Å². The van der Waals surface area contributed by atoms with Crippen molar-refractivity contribution < 1.29 is 10.2 Å². The number of halogens is 1. The summed E-state index contributed by atoms with van der Waals surface area (Å²) in [4.78, 5) is 4.03. The highest BCUT2D eigenvalue weighted by atomic mass is 79.9. The van der Waals surface area contributed by atoms with E-state index in [9.17, 15) is 0 Å². The molecular formula is C8H11BrN2O2. The number of aromatic nitrogens is 1. The number of nitrogens with one attached hydrogen (secondary N) is 1. The summed E-state index contributed by atoms with van der Waals surface area (Å²) in [5.41, 5.74) is 0. The lowest BCUT2D eigenvalue weighted by molar-refractivity contribution is 0.105. The molecule has 4 nitrogen and oxygen atoms in total. The zero-order chi connectivity index (χ0) is 9.68. The van der Waals surface area contributed by atoms with Gasteiger partial charge in [0.1, 0.15) is 5.82 Å². The molecule has 0 aliphatic heterocycles. The molecule has 13 heavy (non-hydrogen) atoms. The predicted molar refractivity (Wildman–Crippen MR) is 53.5 cm³/mol. The minimum absolute atomic E-state index is 0.246. The van der Waals surface area contributed by atoms with Crippen molar-refractivity contribution in [3.63, 3.8) is 0 Å². The summed E-state index contributed by atoms with van der Waals surface area (Å²) in [6.07, 6.45) is 0.915. The molecule has 3 N–H and O–H groups in total. The average Bonchev–Trinajstić information content (AvgIpc) is 2.16. The number of hydrogen-bond donors (Lipinski definition) is 3. The van der Waals surface area contributed by atoms with Gasteiger partial charge in [0.05, 0.1) is 12.7 Å². The summed E-state index contributed by atoms with van der Waals surface area (Å²) >= 11 is 3.26. The quantitative estimate of drug-likeness (QED) is 0.729. The molecule has 5 heteroatoms. The molecule has 0 aliphatic rings. The second-order valence-corrected chi connectivity index (χ2v) is 3.49. The molecule has 1 rings (SSSR count). The summed E-state index contributed by atoms with van der Waals surface area (Å²) in [6.45, 7) is 0.0503. The smallest absolute Gasteiger partial charge is 0.126 e. The zero-order valence-corrected chi connectivity index (χ0v) is 8.53. The molecule has 1 aromatic rings. The summed E-state index contributed by atoms with van der Waals surface area (Å²) in [7, 11) is 0. The van der Waals surface area contributed by atoms with E-state index in [2.05, 4.69) is 26.2 Å². The first-order valence-electron chi connectivity index (χ1n) is 3.86. The first kappa shape index (κ1) is 10.4. The number of anilines is 1. The standard InChI is InChI=1S/C8H11BrN2O2/c9-6-1-2-8(10-3-6)11-4-7(13)5-12/h1-3,7,12-13H,4-5H2,(H,10,11)/t7-/m1/s1. The Hall–Kier alpha value is -0.650. The van der Waals surface area contributed by atoms with Gasteiger partial charge in [-0.05, 0) is 28.1 Å². The van der Waals surface area contributed by atoms with Crippen LogP contribution in [0.1, 0.15) is 0 Å². The molecule has 72 valence electrons. The molecule has 0 unspecified atom stereocenters. The van der Waals surface area contributed by atoms with Crippen LogP contribution in [0.5, 0.6) is 0 Å². The van der Waals surface area contributed by atoms with Gasteiger partial charge in [-0.1, -0.05) is 0 Å². The van der Waals surface area contributed by atoms with Crippen LogP contribution < -0.4 is 5.32 Å². The van der Waals surface area contributed by atoms with Crippen molar-refractivity contribution in [1.82, 2.24) is 4.98 Å². The van der Waals surface area contributed by atoms with Crippen molar-refractivity contribution in [3.8, 4) is 0 Å². The fraction of sp³-hybridized carbons (Fsp3) is 0.375. The summed E-state index contributed by atoms with van der Waals surface area (Å²) in [5, 5.41) is 20.4. The lowest BCUT2D eigenvalue weighted by atomic mass is 10.3. The third-order valence-corrected chi connectivity index (χ3v) is 1.93. The van der Waals surface area contributed by atoms with E-state index in [0.29, 0.717) is 12.4 Å². The van der Waals surface area contributed by atoms with Gasteiger partial charge in [0.25, 0.3) is 0 Å². The second-order valence-electron chi connectivity index (χ2n) is 2.58. The number of nitrogens with zero attached hydrogens (tertiary/aromatic N) is 1. The van der Waals surface area contributed by atoms with Crippen LogP contribution in [0.4, 0.5) is 5.82 Å². The van der Waals surface area contributed by atoms with Crippen LogP contribution in [0.2, 0.25) is 0 Å². The molecule has 1 heterocycles. The van der Waals surface area contributed by atoms with Crippen LogP contribution in [0.25, 0.3) is 0 Å². The van der Waals surface area contributed by atoms with Gasteiger partial charge < -0.3 is 15.5 Å². The van der Waals surface area contributed by atoms with Crippen LogP contribution in [0, 0.1) is 0 Å². The third kappa shape index (κ3) is 3.71. The Morgan fingerprint density at radius 1 is 1.54 bits per heavy atom. The molecule has 0 fully saturated rings. The van der Waals surface area contributed by atoms with E-state index in [4.69, 9.17) is 10.2 Å². The van der Waals surface area contributed by atoms with Crippen LogP contribution in [0.3, 0.4) is 0 Å². The largest absolute Gasteiger partial charge is 0.394 e. The van der Waals surface area contributed by atoms with Crippen LogP contribution in [0.15, 0.2) is 22.8 Å². The Bertz CT molecular complexity index is 253. The van der Waals surface area contributed by atoms with Gasteiger partial charge in [0.15, 0.2) is 0 Å². The van der Waals surface area contributed by atoms with E-state index in [1.807, 2.05) is 6.07 Å². The van der Waals surface area contributed by atoms with E-state index < -0.39 is 6.10 Å². The van der Waals surface area contributed by atoms with Crippen LogP contribution in [-0.2, 0) is 0 Å². The molecule has 0 radical (unpaired) electrons. The zero-order valence-electron chi connectivity index (χ0n) is 6.94. The molecule has 0 amide bonds. The number of rotatable bonds is 4. The summed E-state index contributed by atoms with van der Waals surface area (Å²) in [5.74, 6) is 0.677. The average molecular weight is 247 g/mol. The van der Waals surface area contributed by atoms with Gasteiger partial charge in [0.2, 0.25) is 0 Å². The molecule has 0 bridgehead atoms. The number of pyridine rings is 1. The normalized spacial score (nSPS) is 12.5. The fourth-order valence-electron chi connectivity index (χ4n) is 0.767. The van der Waals surface area contributed by atoms with Gasteiger partial charge in [0, 0.05) is 17.2 Å². The fourth-order valence-corrected chi connectivity index (χ4v) is 1.00. The van der Waals surface area contributed by atoms with E-state index in [-0.39, 0.29) is 6.61 Å². The lowest BCUT2D eigenvalue weighted by Crippen LogP contribution is -2.23. The molecule has 1 atom stereocenters. The van der Waals surface area contributed by atoms with Crippen molar-refractivity contribution in [2.24, 2.45) is 0 Å². The lowest BCUT2D eigenvalue weighted by Gasteiger charge is -2.08. The van der Waals surface area contributed by atoms with Crippen LogP contribution >= 0.6 is 15.9 Å². The van der Waals surface area contributed by atoms with Crippen LogP contribution in [-0.4, -0.2) is 34.5 Å². The molecule has 0 aromatic carbocycles. The maximum absolute atomic E-state index is 9.02. The van der Waals surface area contributed by atoms with E-state index in [1.165, 1.54) is 0 Å². The van der Waals surface area contributed by atoms with Gasteiger partial charge in [-0.2, -0.15) is 0 Å². The van der Waals surface area contributed by atoms with Crippen molar-refractivity contribution in [3.05, 3.63) is 22.8 Å². The van der Waals surface area contributed by atoms with Gasteiger partial charge in [-0.15, -0.1) is 0 Å². The topological polar surface area (TPSA) is 65.4 Å². The monoisotopic (exact) mass is 246 g/mol. The second kappa shape index (κ2) is 5.16. The van der Waals surface area contributed by atoms with Gasteiger partial charge in [-0.25, -0.2) is 4.98 Å². The van der Waals surface area contributed by atoms with E-state index >= 15 is 0 Å². The highest BCUT2D eigenvalue weighted by Crippen LogP contribution is 2.10. The minimum Gasteiger partial charge on any atom is -0.394 e. The first-order chi connectivity index (χ1) is 6.22.